The zero-order valence-electron chi connectivity index (χ0n) is 18.4. The van der Waals surface area contributed by atoms with E-state index in [-0.39, 0.29) is 36.0 Å². The van der Waals surface area contributed by atoms with E-state index in [0.29, 0.717) is 41.8 Å². The van der Waals surface area contributed by atoms with Gasteiger partial charge in [-0.25, -0.2) is 4.68 Å². The van der Waals surface area contributed by atoms with Gasteiger partial charge in [-0.1, -0.05) is 18.2 Å². The molecule has 2 amide bonds. The lowest BCUT2D eigenvalue weighted by atomic mass is 10.1. The van der Waals surface area contributed by atoms with Crippen LogP contribution in [0.25, 0.3) is 5.69 Å². The van der Waals surface area contributed by atoms with Gasteiger partial charge in [0.15, 0.2) is 11.5 Å². The van der Waals surface area contributed by atoms with Crippen molar-refractivity contribution in [3.8, 4) is 17.2 Å². The molecule has 0 unspecified atom stereocenters. The second kappa shape index (κ2) is 8.16. The number of amides is 2. The van der Waals surface area contributed by atoms with Crippen molar-refractivity contribution in [3.63, 3.8) is 0 Å². The summed E-state index contributed by atoms with van der Waals surface area (Å²) in [6.07, 6.45) is 0.0685. The Kier molecular flexibility index (Phi) is 5.16. The Balaban J connectivity index is 1.35. The first-order valence-electron chi connectivity index (χ1n) is 10.8. The summed E-state index contributed by atoms with van der Waals surface area (Å²) in [6.45, 7) is 2.94. The molecule has 1 aromatic heterocycles. The number of para-hydroxylation sites is 1. The Morgan fingerprint density at radius 2 is 1.73 bits per heavy atom. The Bertz CT molecular complexity index is 1290. The molecule has 0 bridgehead atoms. The molecule has 3 aromatic rings. The third-order valence-corrected chi connectivity index (χ3v) is 6.14. The molecule has 0 spiro atoms. The lowest BCUT2D eigenvalue weighted by Crippen LogP contribution is -2.30. The molecule has 2 aliphatic heterocycles. The monoisotopic (exact) mass is 448 g/mol. The van der Waals surface area contributed by atoms with Crippen molar-refractivity contribution >= 4 is 23.2 Å². The first kappa shape index (κ1) is 20.9. The molecule has 1 saturated heterocycles. The Labute approximate surface area is 190 Å². The first-order valence-corrected chi connectivity index (χ1v) is 10.8. The van der Waals surface area contributed by atoms with Crippen molar-refractivity contribution in [2.45, 2.75) is 13.3 Å². The number of nitrogens with zero attached hydrogens (tertiary/aromatic N) is 3. The lowest BCUT2D eigenvalue weighted by Gasteiger charge is -2.22. The number of rotatable bonds is 4. The van der Waals surface area contributed by atoms with E-state index >= 15 is 0 Å². The third kappa shape index (κ3) is 3.65. The van der Waals surface area contributed by atoms with Crippen LogP contribution in [0.2, 0.25) is 0 Å². The second-order valence-corrected chi connectivity index (χ2v) is 8.16. The zero-order valence-corrected chi connectivity index (χ0v) is 18.4. The Morgan fingerprint density at radius 3 is 2.48 bits per heavy atom. The molecule has 0 aliphatic carbocycles. The van der Waals surface area contributed by atoms with Gasteiger partial charge in [0.1, 0.15) is 18.9 Å². The lowest BCUT2D eigenvalue weighted by molar-refractivity contribution is -0.122. The highest BCUT2D eigenvalue weighted by molar-refractivity contribution is 6.03. The summed E-state index contributed by atoms with van der Waals surface area (Å²) in [5, 5.41) is 2.78. The van der Waals surface area contributed by atoms with Gasteiger partial charge in [0, 0.05) is 31.8 Å². The van der Waals surface area contributed by atoms with E-state index < -0.39 is 5.92 Å². The Hall–Kier alpha value is -4.01. The summed E-state index contributed by atoms with van der Waals surface area (Å²) in [7, 11) is 1.77. The van der Waals surface area contributed by atoms with Crippen molar-refractivity contribution in [3.05, 3.63) is 64.6 Å². The van der Waals surface area contributed by atoms with Crippen LogP contribution in [0, 0.1) is 12.8 Å². The van der Waals surface area contributed by atoms with Gasteiger partial charge in [-0.15, -0.1) is 0 Å². The predicted molar refractivity (Wildman–Crippen MR) is 122 cm³/mol. The fraction of sp³-hybridized carbons (Fsp3) is 0.292. The van der Waals surface area contributed by atoms with Crippen LogP contribution in [0.4, 0.5) is 11.4 Å². The molecule has 2 aliphatic rings. The van der Waals surface area contributed by atoms with Gasteiger partial charge >= 0.3 is 0 Å². The van der Waals surface area contributed by atoms with E-state index in [1.165, 1.54) is 4.68 Å². The summed E-state index contributed by atoms with van der Waals surface area (Å²) in [5.41, 5.74) is 1.89. The molecule has 33 heavy (non-hydrogen) atoms. The fourth-order valence-electron chi connectivity index (χ4n) is 4.27. The van der Waals surface area contributed by atoms with Gasteiger partial charge in [-0.3, -0.25) is 19.1 Å². The average Bonchev–Trinajstić information content (AvgIpc) is 3.32. The number of hydrogen-bond acceptors (Lipinski definition) is 5. The quantitative estimate of drug-likeness (QED) is 0.661. The van der Waals surface area contributed by atoms with E-state index in [9.17, 15) is 14.4 Å². The van der Waals surface area contributed by atoms with Gasteiger partial charge < -0.3 is 19.7 Å². The highest BCUT2D eigenvalue weighted by Crippen LogP contribution is 2.36. The highest BCUT2D eigenvalue weighted by atomic mass is 16.6. The molecule has 2 aromatic carbocycles. The van der Waals surface area contributed by atoms with Crippen LogP contribution in [0.3, 0.4) is 0 Å². The SMILES string of the molecule is Cc1c(NC(=O)[C@H]2CC(=O)N(c3ccc4c(c3)OCCO4)C2)c(=O)n(-c2ccccc2)n1C. The van der Waals surface area contributed by atoms with E-state index in [1.54, 1.807) is 41.8 Å². The number of ether oxygens (including phenoxy) is 2. The third-order valence-electron chi connectivity index (χ3n) is 6.14. The molecule has 9 nitrogen and oxygen atoms in total. The van der Waals surface area contributed by atoms with Gasteiger partial charge in [0.05, 0.1) is 17.3 Å². The number of fused-ring (bicyclic) bond motifs is 1. The largest absolute Gasteiger partial charge is 0.486 e. The van der Waals surface area contributed by atoms with Crippen LogP contribution in [-0.2, 0) is 16.6 Å². The predicted octanol–water partition coefficient (Wildman–Crippen LogP) is 2.25. The minimum atomic E-state index is -0.574. The first-order chi connectivity index (χ1) is 15.9. The van der Waals surface area contributed by atoms with Crippen molar-refractivity contribution < 1.29 is 19.1 Å². The van der Waals surface area contributed by atoms with Crippen LogP contribution in [0.1, 0.15) is 12.1 Å². The summed E-state index contributed by atoms with van der Waals surface area (Å²) in [6, 6.07) is 14.5. The maximum atomic E-state index is 13.1. The standard InChI is InChI=1S/C24H24N4O5/c1-15-22(24(31)28(26(15)2)17-6-4-3-5-7-17)25-23(30)16-12-21(29)27(14-16)18-8-9-19-20(13-18)33-11-10-32-19/h3-9,13,16H,10-12,14H2,1-2H3,(H,25,30)/t16-/m0/s1. The minimum Gasteiger partial charge on any atom is -0.486 e. The van der Waals surface area contributed by atoms with Gasteiger partial charge in [0.2, 0.25) is 11.8 Å². The number of hydrogen-bond donors (Lipinski definition) is 1. The van der Waals surface area contributed by atoms with E-state index in [4.69, 9.17) is 9.47 Å². The van der Waals surface area contributed by atoms with Crippen molar-refractivity contribution in [2.24, 2.45) is 13.0 Å². The molecule has 170 valence electrons. The molecule has 9 heteroatoms. The molecular weight excluding hydrogens is 424 g/mol. The van der Waals surface area contributed by atoms with Gasteiger partial charge in [0.25, 0.3) is 5.56 Å². The topological polar surface area (TPSA) is 94.8 Å². The van der Waals surface area contributed by atoms with Crippen LogP contribution < -0.4 is 25.2 Å². The van der Waals surface area contributed by atoms with E-state index in [0.717, 1.165) is 0 Å². The minimum absolute atomic E-state index is 0.0685. The van der Waals surface area contributed by atoms with Crippen molar-refractivity contribution in [1.82, 2.24) is 9.36 Å². The van der Waals surface area contributed by atoms with Gasteiger partial charge in [-0.2, -0.15) is 0 Å². The normalized spacial score (nSPS) is 17.3. The molecule has 0 saturated carbocycles. The van der Waals surface area contributed by atoms with Crippen LogP contribution >= 0.6 is 0 Å². The number of benzene rings is 2. The molecular formula is C24H24N4O5. The summed E-state index contributed by atoms with van der Waals surface area (Å²) < 4.78 is 14.3. The molecule has 3 heterocycles. The number of aromatic nitrogens is 2. The van der Waals surface area contributed by atoms with E-state index in [2.05, 4.69) is 5.32 Å². The molecule has 0 radical (unpaired) electrons. The summed E-state index contributed by atoms with van der Waals surface area (Å²) in [5.74, 6) is 0.142. The number of carbonyl (C=O) groups excluding carboxylic acids is 2. The average molecular weight is 448 g/mol. The fourth-order valence-corrected chi connectivity index (χ4v) is 4.27. The van der Waals surface area contributed by atoms with Crippen molar-refractivity contribution in [2.75, 3.05) is 30.0 Å². The maximum absolute atomic E-state index is 13.1. The zero-order chi connectivity index (χ0) is 23.1. The number of nitrogens with one attached hydrogen (secondary N) is 1. The molecule has 1 N–H and O–H groups in total. The Morgan fingerprint density at radius 1 is 1.00 bits per heavy atom. The smallest absolute Gasteiger partial charge is 0.295 e. The molecule has 5 rings (SSSR count). The molecule has 1 fully saturated rings. The van der Waals surface area contributed by atoms with Crippen molar-refractivity contribution in [1.29, 1.82) is 0 Å². The maximum Gasteiger partial charge on any atom is 0.295 e. The van der Waals surface area contributed by atoms with Crippen LogP contribution in [0.5, 0.6) is 11.5 Å². The van der Waals surface area contributed by atoms with Gasteiger partial charge in [-0.05, 0) is 31.2 Å². The van der Waals surface area contributed by atoms with E-state index in [1.807, 2.05) is 30.3 Å². The van der Waals surface area contributed by atoms with Crippen LogP contribution in [-0.4, -0.2) is 40.9 Å². The molecule has 1 atom stereocenters. The number of carbonyl (C=O) groups is 2. The summed E-state index contributed by atoms with van der Waals surface area (Å²) >= 11 is 0. The highest BCUT2D eigenvalue weighted by Gasteiger charge is 2.36. The summed E-state index contributed by atoms with van der Waals surface area (Å²) in [4.78, 5) is 40.4. The second-order valence-electron chi connectivity index (χ2n) is 8.16. The van der Waals surface area contributed by atoms with Crippen LogP contribution in [0.15, 0.2) is 53.3 Å². The number of anilines is 2.